The number of para-hydroxylation sites is 1. The van der Waals surface area contributed by atoms with Crippen molar-refractivity contribution in [3.8, 4) is 5.75 Å². The van der Waals surface area contributed by atoms with Gasteiger partial charge in [-0.15, -0.1) is 0 Å². The van der Waals surface area contributed by atoms with Crippen molar-refractivity contribution in [3.05, 3.63) is 89.0 Å². The Kier molecular flexibility index (Phi) is 7.81. The third kappa shape index (κ3) is 5.01. The molecule has 5 heteroatoms. The van der Waals surface area contributed by atoms with E-state index in [9.17, 15) is 14.7 Å². The molecule has 0 unspecified atom stereocenters. The number of phenols is 1. The van der Waals surface area contributed by atoms with Gasteiger partial charge in [-0.1, -0.05) is 92.4 Å². The Morgan fingerprint density at radius 1 is 0.902 bits per heavy atom. The van der Waals surface area contributed by atoms with Gasteiger partial charge in [-0.25, -0.2) is 0 Å². The van der Waals surface area contributed by atoms with Crippen LogP contribution in [0.1, 0.15) is 64.4 Å². The van der Waals surface area contributed by atoms with E-state index in [2.05, 4.69) is 26.0 Å². The number of benzene rings is 3. The molecule has 2 amide bonds. The Labute approximate surface area is 242 Å². The average Bonchev–Trinajstić information content (AvgIpc) is 3.52. The Morgan fingerprint density at radius 3 is 2.41 bits per heavy atom. The Hall–Kier alpha value is -3.70. The summed E-state index contributed by atoms with van der Waals surface area (Å²) >= 11 is 0. The number of imide groups is 1. The van der Waals surface area contributed by atoms with Crippen molar-refractivity contribution in [2.75, 3.05) is 11.5 Å². The van der Waals surface area contributed by atoms with Gasteiger partial charge in [0.15, 0.2) is 0 Å². The molecule has 6 rings (SSSR count). The number of fused-ring (bicyclic) bond motifs is 4. The molecular weight excluding hydrogens is 510 g/mol. The highest BCUT2D eigenvalue weighted by Crippen LogP contribution is 2.51. The molecule has 4 atom stereocenters. The van der Waals surface area contributed by atoms with Crippen LogP contribution in [-0.4, -0.2) is 29.6 Å². The van der Waals surface area contributed by atoms with Gasteiger partial charge >= 0.3 is 0 Å². The summed E-state index contributed by atoms with van der Waals surface area (Å²) in [6, 6.07) is 21.1. The molecule has 0 spiro atoms. The van der Waals surface area contributed by atoms with Crippen LogP contribution < -0.4 is 4.90 Å². The fraction of sp³-hybridized carbons (Fsp3) is 0.389. The lowest BCUT2D eigenvalue weighted by atomic mass is 9.68. The van der Waals surface area contributed by atoms with Crippen molar-refractivity contribution in [1.29, 1.82) is 0 Å². The molecule has 3 aromatic rings. The van der Waals surface area contributed by atoms with Gasteiger partial charge in [0, 0.05) is 11.3 Å². The second-order valence-corrected chi connectivity index (χ2v) is 11.7. The summed E-state index contributed by atoms with van der Waals surface area (Å²) in [6.45, 7) is 4.89. The lowest BCUT2D eigenvalue weighted by molar-refractivity contribution is -0.122. The van der Waals surface area contributed by atoms with Gasteiger partial charge in [0.05, 0.1) is 30.2 Å². The molecule has 3 aliphatic rings. The molecule has 1 N–H and O–H groups in total. The number of allylic oxidation sites excluding steroid dienone is 2. The van der Waals surface area contributed by atoms with Gasteiger partial charge in [-0.3, -0.25) is 14.5 Å². The first kappa shape index (κ1) is 27.5. The number of hydrogen-bond acceptors (Lipinski definition) is 4. The van der Waals surface area contributed by atoms with Crippen LogP contribution in [-0.2, 0) is 14.3 Å². The zero-order valence-electron chi connectivity index (χ0n) is 24.0. The van der Waals surface area contributed by atoms with E-state index >= 15 is 0 Å². The van der Waals surface area contributed by atoms with Gasteiger partial charge in [-0.2, -0.15) is 0 Å². The molecule has 0 aromatic heterocycles. The van der Waals surface area contributed by atoms with Gasteiger partial charge in [-0.05, 0) is 66.8 Å². The SMILES string of the molecule is CCCC1=C2[C@@H](CC/C(=C/c3ccc(O)c4ccccc34)CCC)OC[C@@H]2[C@@H]2C(=O)N(c3ccccc3)C(=O)[C@@H]2C1. The lowest BCUT2D eigenvalue weighted by Crippen LogP contribution is -2.34. The first-order chi connectivity index (χ1) is 20.0. The van der Waals surface area contributed by atoms with Crippen LogP contribution in [0.15, 0.2) is 83.4 Å². The molecule has 2 aliphatic heterocycles. The number of rotatable bonds is 9. The van der Waals surface area contributed by atoms with Crippen LogP contribution in [0.2, 0.25) is 0 Å². The molecule has 0 radical (unpaired) electrons. The Balaban J connectivity index is 1.26. The molecule has 2 saturated heterocycles. The van der Waals surface area contributed by atoms with Crippen LogP contribution in [0.3, 0.4) is 0 Å². The fourth-order valence-corrected chi connectivity index (χ4v) is 7.40. The van der Waals surface area contributed by atoms with E-state index in [1.165, 1.54) is 21.6 Å². The highest BCUT2D eigenvalue weighted by Gasteiger charge is 2.57. The minimum Gasteiger partial charge on any atom is -0.507 e. The molecule has 2 fully saturated rings. The first-order valence-corrected chi connectivity index (χ1v) is 15.2. The second kappa shape index (κ2) is 11.7. The largest absolute Gasteiger partial charge is 0.507 e. The molecule has 5 nitrogen and oxygen atoms in total. The maximum atomic E-state index is 13.8. The number of anilines is 1. The maximum absolute atomic E-state index is 13.8. The van der Waals surface area contributed by atoms with Crippen molar-refractivity contribution < 1.29 is 19.4 Å². The van der Waals surface area contributed by atoms with E-state index in [4.69, 9.17) is 4.74 Å². The van der Waals surface area contributed by atoms with Gasteiger partial charge in [0.1, 0.15) is 5.75 Å². The fourth-order valence-electron chi connectivity index (χ4n) is 7.40. The quantitative estimate of drug-likeness (QED) is 0.218. The topological polar surface area (TPSA) is 66.8 Å². The summed E-state index contributed by atoms with van der Waals surface area (Å²) in [7, 11) is 0. The summed E-state index contributed by atoms with van der Waals surface area (Å²) in [4.78, 5) is 28.7. The van der Waals surface area contributed by atoms with Crippen LogP contribution in [0.4, 0.5) is 5.69 Å². The highest BCUT2D eigenvalue weighted by molar-refractivity contribution is 6.22. The number of nitrogens with zero attached hydrogens (tertiary/aromatic N) is 1. The summed E-state index contributed by atoms with van der Waals surface area (Å²) in [5, 5.41) is 12.3. The monoisotopic (exact) mass is 549 g/mol. The van der Waals surface area contributed by atoms with E-state index in [0.717, 1.165) is 54.9 Å². The number of amides is 2. The molecule has 0 bridgehead atoms. The van der Waals surface area contributed by atoms with Crippen LogP contribution >= 0.6 is 0 Å². The molecule has 1 aliphatic carbocycles. The van der Waals surface area contributed by atoms with Gasteiger partial charge in [0.2, 0.25) is 11.8 Å². The standard InChI is InChI=1S/C36H39NO4/c1-3-10-23(20-24-17-18-31(38)28-15-9-8-14-27(24)28)16-19-32-33-25(11-4-2)21-29-34(30(33)22-41-32)36(40)37(35(29)39)26-12-6-5-7-13-26/h5-9,12-15,17-18,20,29-30,32,34,38H,3-4,10-11,16,19,21-22H2,1-2H3/b23-20+/t29-,30+,32-,34-/m1/s1. The van der Waals surface area contributed by atoms with Crippen molar-refractivity contribution >= 4 is 34.4 Å². The zero-order valence-corrected chi connectivity index (χ0v) is 24.0. The number of aromatic hydroxyl groups is 1. The van der Waals surface area contributed by atoms with Crippen molar-refractivity contribution in [3.63, 3.8) is 0 Å². The van der Waals surface area contributed by atoms with Crippen molar-refractivity contribution in [2.45, 2.75) is 64.9 Å². The van der Waals surface area contributed by atoms with Gasteiger partial charge < -0.3 is 9.84 Å². The molecule has 212 valence electrons. The number of carbonyl (C=O) groups excluding carboxylic acids is 2. The molecule has 41 heavy (non-hydrogen) atoms. The van der Waals surface area contributed by atoms with E-state index in [-0.39, 0.29) is 35.7 Å². The average molecular weight is 550 g/mol. The zero-order chi connectivity index (χ0) is 28.5. The summed E-state index contributed by atoms with van der Waals surface area (Å²) < 4.78 is 6.47. The third-order valence-corrected chi connectivity index (χ3v) is 9.17. The van der Waals surface area contributed by atoms with Crippen LogP contribution in [0.25, 0.3) is 16.8 Å². The maximum Gasteiger partial charge on any atom is 0.238 e. The van der Waals surface area contributed by atoms with Crippen LogP contribution in [0, 0.1) is 17.8 Å². The predicted molar refractivity (Wildman–Crippen MR) is 163 cm³/mol. The Morgan fingerprint density at radius 2 is 1.66 bits per heavy atom. The minimum atomic E-state index is -0.336. The Bertz CT molecular complexity index is 1520. The molecule has 3 aromatic carbocycles. The summed E-state index contributed by atoms with van der Waals surface area (Å²) in [6.07, 6.45) is 8.69. The van der Waals surface area contributed by atoms with Crippen LogP contribution in [0.5, 0.6) is 5.75 Å². The van der Waals surface area contributed by atoms with Crippen molar-refractivity contribution in [1.82, 2.24) is 0 Å². The minimum absolute atomic E-state index is 0.0204. The molecule has 2 heterocycles. The normalized spacial score (nSPS) is 24.3. The smallest absolute Gasteiger partial charge is 0.238 e. The second-order valence-electron chi connectivity index (χ2n) is 11.7. The summed E-state index contributed by atoms with van der Waals surface area (Å²) in [5.41, 5.74) is 5.79. The van der Waals surface area contributed by atoms with E-state index < -0.39 is 0 Å². The van der Waals surface area contributed by atoms with E-state index in [0.29, 0.717) is 24.5 Å². The molecule has 0 saturated carbocycles. The van der Waals surface area contributed by atoms with Crippen molar-refractivity contribution in [2.24, 2.45) is 17.8 Å². The first-order valence-electron chi connectivity index (χ1n) is 15.2. The number of phenolic OH excluding ortho intramolecular Hbond substituents is 1. The van der Waals surface area contributed by atoms with E-state index in [1.54, 1.807) is 6.07 Å². The number of hydrogen-bond donors (Lipinski definition) is 1. The number of carbonyl (C=O) groups is 2. The molecular formula is C36H39NO4. The summed E-state index contributed by atoms with van der Waals surface area (Å²) in [5.74, 6) is -0.478. The third-order valence-electron chi connectivity index (χ3n) is 9.17. The van der Waals surface area contributed by atoms with Gasteiger partial charge in [0.25, 0.3) is 0 Å². The lowest BCUT2D eigenvalue weighted by Gasteiger charge is -2.32. The van der Waals surface area contributed by atoms with E-state index in [1.807, 2.05) is 54.6 Å². The predicted octanol–water partition coefficient (Wildman–Crippen LogP) is 7.83. The highest BCUT2D eigenvalue weighted by atomic mass is 16.5. The number of ether oxygens (including phenoxy) is 1.